The Hall–Kier alpha value is -1.54. The SMILES string of the molecule is Fc1cc(CCl)cc(OCc2ccccc2)c1. The molecular weight excluding hydrogens is 239 g/mol. The van der Waals surface area contributed by atoms with Crippen LogP contribution >= 0.6 is 11.6 Å². The minimum absolute atomic E-state index is 0.277. The minimum atomic E-state index is -0.328. The Morgan fingerprint density at radius 2 is 1.76 bits per heavy atom. The van der Waals surface area contributed by atoms with Crippen LogP contribution in [0.2, 0.25) is 0 Å². The molecule has 0 atom stereocenters. The van der Waals surface area contributed by atoms with Gasteiger partial charge in [0.05, 0.1) is 0 Å². The van der Waals surface area contributed by atoms with Crippen LogP contribution in [0.1, 0.15) is 11.1 Å². The third-order valence-electron chi connectivity index (χ3n) is 2.33. The van der Waals surface area contributed by atoms with E-state index in [-0.39, 0.29) is 11.7 Å². The van der Waals surface area contributed by atoms with Gasteiger partial charge in [-0.1, -0.05) is 30.3 Å². The molecule has 0 saturated carbocycles. The molecule has 0 fully saturated rings. The largest absolute Gasteiger partial charge is 0.489 e. The molecule has 88 valence electrons. The van der Waals surface area contributed by atoms with E-state index in [0.29, 0.717) is 12.4 Å². The Labute approximate surface area is 105 Å². The van der Waals surface area contributed by atoms with Crippen LogP contribution in [0.3, 0.4) is 0 Å². The highest BCUT2D eigenvalue weighted by Crippen LogP contribution is 2.19. The maximum Gasteiger partial charge on any atom is 0.127 e. The third kappa shape index (κ3) is 3.46. The van der Waals surface area contributed by atoms with Crippen LogP contribution in [0, 0.1) is 5.82 Å². The first-order chi connectivity index (χ1) is 8.28. The summed E-state index contributed by atoms with van der Waals surface area (Å²) >= 11 is 5.67. The smallest absolute Gasteiger partial charge is 0.127 e. The first kappa shape index (κ1) is 11.9. The van der Waals surface area contributed by atoms with Gasteiger partial charge < -0.3 is 4.74 Å². The van der Waals surface area contributed by atoms with Crippen LogP contribution in [0.25, 0.3) is 0 Å². The van der Waals surface area contributed by atoms with Gasteiger partial charge >= 0.3 is 0 Å². The summed E-state index contributed by atoms with van der Waals surface area (Å²) < 4.78 is 18.7. The summed E-state index contributed by atoms with van der Waals surface area (Å²) in [6, 6.07) is 14.3. The first-order valence-electron chi connectivity index (χ1n) is 5.30. The van der Waals surface area contributed by atoms with Gasteiger partial charge in [-0.05, 0) is 23.3 Å². The third-order valence-corrected chi connectivity index (χ3v) is 2.64. The molecule has 0 unspecified atom stereocenters. The van der Waals surface area contributed by atoms with E-state index in [0.717, 1.165) is 11.1 Å². The molecule has 1 nitrogen and oxygen atoms in total. The van der Waals surface area contributed by atoms with Crippen molar-refractivity contribution in [2.45, 2.75) is 12.5 Å². The second-order valence-electron chi connectivity index (χ2n) is 3.70. The monoisotopic (exact) mass is 250 g/mol. The predicted octanol–water partition coefficient (Wildman–Crippen LogP) is 4.14. The average molecular weight is 251 g/mol. The number of alkyl halides is 1. The second kappa shape index (κ2) is 5.69. The van der Waals surface area contributed by atoms with Crippen molar-refractivity contribution in [3.63, 3.8) is 0 Å². The summed E-state index contributed by atoms with van der Waals surface area (Å²) in [6.07, 6.45) is 0. The van der Waals surface area contributed by atoms with E-state index in [2.05, 4.69) is 0 Å². The molecule has 0 amide bonds. The summed E-state index contributed by atoms with van der Waals surface area (Å²) in [5.41, 5.74) is 1.76. The van der Waals surface area contributed by atoms with E-state index in [1.54, 1.807) is 6.07 Å². The van der Waals surface area contributed by atoms with E-state index in [1.165, 1.54) is 12.1 Å². The Bertz CT molecular complexity index is 485. The summed E-state index contributed by atoms with van der Waals surface area (Å²) in [5.74, 6) is 0.454. The molecule has 0 spiro atoms. The molecule has 0 heterocycles. The van der Waals surface area contributed by atoms with Gasteiger partial charge in [0, 0.05) is 11.9 Å². The molecule has 0 saturated heterocycles. The molecule has 0 radical (unpaired) electrons. The fourth-order valence-electron chi connectivity index (χ4n) is 1.52. The Kier molecular flexibility index (Phi) is 3.99. The zero-order chi connectivity index (χ0) is 12.1. The number of ether oxygens (including phenoxy) is 1. The zero-order valence-electron chi connectivity index (χ0n) is 9.20. The van der Waals surface area contributed by atoms with Crippen LogP contribution in [0.4, 0.5) is 4.39 Å². The van der Waals surface area contributed by atoms with Crippen molar-refractivity contribution in [3.05, 3.63) is 65.5 Å². The van der Waals surface area contributed by atoms with Gasteiger partial charge in [-0.2, -0.15) is 0 Å². The quantitative estimate of drug-likeness (QED) is 0.741. The summed E-state index contributed by atoms with van der Waals surface area (Å²) in [7, 11) is 0. The molecule has 0 aromatic heterocycles. The van der Waals surface area contributed by atoms with Crippen LogP contribution in [-0.2, 0) is 12.5 Å². The van der Waals surface area contributed by atoms with E-state index in [4.69, 9.17) is 16.3 Å². The number of hydrogen-bond donors (Lipinski definition) is 0. The zero-order valence-corrected chi connectivity index (χ0v) is 9.95. The van der Waals surface area contributed by atoms with E-state index in [9.17, 15) is 4.39 Å². The van der Waals surface area contributed by atoms with Gasteiger partial charge in [-0.15, -0.1) is 11.6 Å². The molecule has 0 aliphatic rings. The lowest BCUT2D eigenvalue weighted by molar-refractivity contribution is 0.304. The molecule has 3 heteroatoms. The molecule has 2 aromatic rings. The molecule has 0 aliphatic carbocycles. The fourth-order valence-corrected chi connectivity index (χ4v) is 1.68. The molecule has 0 aliphatic heterocycles. The van der Waals surface area contributed by atoms with Crippen molar-refractivity contribution < 1.29 is 9.13 Å². The van der Waals surface area contributed by atoms with Gasteiger partial charge in [-0.3, -0.25) is 0 Å². The van der Waals surface area contributed by atoms with Gasteiger partial charge in [-0.25, -0.2) is 4.39 Å². The van der Waals surface area contributed by atoms with Crippen LogP contribution in [0.15, 0.2) is 48.5 Å². The highest BCUT2D eigenvalue weighted by Gasteiger charge is 2.01. The van der Waals surface area contributed by atoms with E-state index < -0.39 is 0 Å². The Morgan fingerprint density at radius 1 is 1.00 bits per heavy atom. The van der Waals surface area contributed by atoms with Crippen LogP contribution in [-0.4, -0.2) is 0 Å². The normalized spacial score (nSPS) is 10.2. The van der Waals surface area contributed by atoms with Crippen molar-refractivity contribution in [2.24, 2.45) is 0 Å². The topological polar surface area (TPSA) is 9.23 Å². The summed E-state index contributed by atoms with van der Waals surface area (Å²) in [4.78, 5) is 0. The Balaban J connectivity index is 2.06. The maximum atomic E-state index is 13.2. The highest BCUT2D eigenvalue weighted by molar-refractivity contribution is 6.17. The van der Waals surface area contributed by atoms with Crippen molar-refractivity contribution in [3.8, 4) is 5.75 Å². The lowest BCUT2D eigenvalue weighted by Gasteiger charge is -2.07. The van der Waals surface area contributed by atoms with Crippen LogP contribution < -0.4 is 4.74 Å². The summed E-state index contributed by atoms with van der Waals surface area (Å²) in [5, 5.41) is 0. The van der Waals surface area contributed by atoms with Gasteiger partial charge in [0.2, 0.25) is 0 Å². The molecular formula is C14H12ClFO. The van der Waals surface area contributed by atoms with Crippen molar-refractivity contribution >= 4 is 11.6 Å². The average Bonchev–Trinajstić information content (AvgIpc) is 2.37. The molecule has 17 heavy (non-hydrogen) atoms. The molecule has 0 bridgehead atoms. The predicted molar refractivity (Wildman–Crippen MR) is 66.7 cm³/mol. The number of rotatable bonds is 4. The first-order valence-corrected chi connectivity index (χ1v) is 5.83. The van der Waals surface area contributed by atoms with Crippen molar-refractivity contribution in [1.29, 1.82) is 0 Å². The summed E-state index contributed by atoms with van der Waals surface area (Å²) in [6.45, 7) is 0.423. The number of hydrogen-bond acceptors (Lipinski definition) is 1. The fraction of sp³-hybridized carbons (Fsp3) is 0.143. The van der Waals surface area contributed by atoms with Crippen LogP contribution in [0.5, 0.6) is 5.75 Å². The molecule has 0 N–H and O–H groups in total. The van der Waals surface area contributed by atoms with Gasteiger partial charge in [0.25, 0.3) is 0 Å². The molecule has 2 rings (SSSR count). The lowest BCUT2D eigenvalue weighted by atomic mass is 10.2. The molecule has 2 aromatic carbocycles. The van der Waals surface area contributed by atoms with Gasteiger partial charge in [0.1, 0.15) is 18.2 Å². The van der Waals surface area contributed by atoms with E-state index in [1.807, 2.05) is 30.3 Å². The number of benzene rings is 2. The van der Waals surface area contributed by atoms with E-state index >= 15 is 0 Å². The van der Waals surface area contributed by atoms with Crippen molar-refractivity contribution in [1.82, 2.24) is 0 Å². The van der Waals surface area contributed by atoms with Gasteiger partial charge in [0.15, 0.2) is 0 Å². The highest BCUT2D eigenvalue weighted by atomic mass is 35.5. The lowest BCUT2D eigenvalue weighted by Crippen LogP contribution is -1.96. The standard InChI is InChI=1S/C14H12ClFO/c15-9-12-6-13(16)8-14(7-12)17-10-11-4-2-1-3-5-11/h1-8H,9-10H2. The maximum absolute atomic E-state index is 13.2. The Morgan fingerprint density at radius 3 is 2.47 bits per heavy atom. The minimum Gasteiger partial charge on any atom is -0.489 e. The number of halogens is 2. The second-order valence-corrected chi connectivity index (χ2v) is 3.97. The van der Waals surface area contributed by atoms with Crippen molar-refractivity contribution in [2.75, 3.05) is 0 Å².